The van der Waals surface area contributed by atoms with Crippen molar-refractivity contribution in [3.63, 3.8) is 0 Å². The third-order valence-electron chi connectivity index (χ3n) is 2.98. The van der Waals surface area contributed by atoms with E-state index >= 15 is 0 Å². The topological polar surface area (TPSA) is 72.9 Å². The molecular weight excluding hydrogens is 258 g/mol. The van der Waals surface area contributed by atoms with Crippen LogP contribution in [0.4, 0.5) is 4.79 Å². The van der Waals surface area contributed by atoms with Crippen molar-refractivity contribution in [2.45, 2.75) is 45.6 Å². The molecule has 0 radical (unpaired) electrons. The summed E-state index contributed by atoms with van der Waals surface area (Å²) in [5.74, 6) is -0.821. The van der Waals surface area contributed by atoms with Gasteiger partial charge in [-0.15, -0.1) is 0 Å². The maximum absolute atomic E-state index is 12.0. The first-order valence-electron chi connectivity index (χ1n) is 7.25. The molecule has 6 nitrogen and oxygen atoms in total. The van der Waals surface area contributed by atoms with E-state index in [1.165, 1.54) is 0 Å². The summed E-state index contributed by atoms with van der Waals surface area (Å²) in [6.07, 6.45) is 2.58. The largest absolute Gasteiger partial charge is 0.481 e. The predicted molar refractivity (Wildman–Crippen MR) is 79.9 cm³/mol. The first kappa shape index (κ1) is 18.7. The maximum atomic E-state index is 12.0. The molecule has 0 atom stereocenters. The van der Waals surface area contributed by atoms with E-state index in [1.54, 1.807) is 4.90 Å². The molecule has 118 valence electrons. The van der Waals surface area contributed by atoms with Gasteiger partial charge in [0.1, 0.15) is 0 Å². The van der Waals surface area contributed by atoms with Gasteiger partial charge in [0, 0.05) is 25.6 Å². The first-order valence-corrected chi connectivity index (χ1v) is 7.25. The van der Waals surface area contributed by atoms with E-state index < -0.39 is 5.97 Å². The van der Waals surface area contributed by atoms with Crippen molar-refractivity contribution >= 4 is 12.0 Å². The highest BCUT2D eigenvalue weighted by Gasteiger charge is 2.16. The van der Waals surface area contributed by atoms with Gasteiger partial charge in [0.05, 0.1) is 0 Å². The van der Waals surface area contributed by atoms with E-state index in [0.717, 1.165) is 19.4 Å². The third kappa shape index (κ3) is 9.61. The number of nitrogens with zero attached hydrogens (tertiary/aromatic N) is 2. The molecule has 0 rings (SSSR count). The van der Waals surface area contributed by atoms with Crippen molar-refractivity contribution in [2.75, 3.05) is 33.7 Å². The molecule has 0 aromatic heterocycles. The van der Waals surface area contributed by atoms with E-state index in [1.807, 2.05) is 27.9 Å². The number of urea groups is 1. The molecule has 20 heavy (non-hydrogen) atoms. The lowest BCUT2D eigenvalue weighted by molar-refractivity contribution is -0.137. The van der Waals surface area contributed by atoms with Crippen LogP contribution in [0.25, 0.3) is 0 Å². The van der Waals surface area contributed by atoms with E-state index in [9.17, 15) is 9.59 Å². The molecule has 0 aromatic carbocycles. The van der Waals surface area contributed by atoms with E-state index in [0.29, 0.717) is 19.5 Å². The minimum absolute atomic E-state index is 0.0746. The van der Waals surface area contributed by atoms with Gasteiger partial charge in [-0.05, 0) is 53.8 Å². The van der Waals surface area contributed by atoms with Gasteiger partial charge in [-0.25, -0.2) is 4.79 Å². The lowest BCUT2D eigenvalue weighted by Crippen LogP contribution is -2.44. The molecule has 0 heterocycles. The molecule has 0 spiro atoms. The molecule has 0 unspecified atom stereocenters. The molecule has 0 saturated carbocycles. The summed E-state index contributed by atoms with van der Waals surface area (Å²) in [6.45, 7) is 6.03. The highest BCUT2D eigenvalue weighted by Crippen LogP contribution is 2.03. The van der Waals surface area contributed by atoms with Gasteiger partial charge in [-0.3, -0.25) is 4.79 Å². The van der Waals surface area contributed by atoms with Gasteiger partial charge < -0.3 is 20.2 Å². The van der Waals surface area contributed by atoms with Crippen LogP contribution in [0.5, 0.6) is 0 Å². The van der Waals surface area contributed by atoms with Crippen molar-refractivity contribution in [2.24, 2.45) is 0 Å². The minimum atomic E-state index is -0.821. The standard InChI is InChI=1S/C14H29N3O3/c1-12(2)17(11-7-8-13(18)19)14(20)15-9-5-6-10-16(3)4/h12H,5-11H2,1-4H3,(H,15,20)(H,18,19). The Bertz CT molecular complexity index is 293. The number of carbonyl (C=O) groups excluding carboxylic acids is 1. The number of nitrogens with one attached hydrogen (secondary N) is 1. The zero-order valence-corrected chi connectivity index (χ0v) is 13.2. The second-order valence-corrected chi connectivity index (χ2v) is 5.53. The van der Waals surface area contributed by atoms with E-state index in [4.69, 9.17) is 5.11 Å². The van der Waals surface area contributed by atoms with Crippen LogP contribution in [0.3, 0.4) is 0 Å². The van der Waals surface area contributed by atoms with Crippen LogP contribution in [0.15, 0.2) is 0 Å². The van der Waals surface area contributed by atoms with Crippen molar-refractivity contribution in [1.29, 1.82) is 0 Å². The van der Waals surface area contributed by atoms with Crippen LogP contribution >= 0.6 is 0 Å². The minimum Gasteiger partial charge on any atom is -0.481 e. The average Bonchev–Trinajstić information content (AvgIpc) is 2.32. The van der Waals surface area contributed by atoms with Crippen LogP contribution in [-0.4, -0.2) is 66.7 Å². The van der Waals surface area contributed by atoms with E-state index in [2.05, 4.69) is 10.2 Å². The van der Waals surface area contributed by atoms with Crippen LogP contribution in [-0.2, 0) is 4.79 Å². The number of amides is 2. The Morgan fingerprint density at radius 1 is 1.10 bits per heavy atom. The van der Waals surface area contributed by atoms with Crippen molar-refractivity contribution < 1.29 is 14.7 Å². The SMILES string of the molecule is CC(C)N(CCCC(=O)O)C(=O)NCCCCN(C)C. The number of aliphatic carboxylic acids is 1. The second-order valence-electron chi connectivity index (χ2n) is 5.53. The Hall–Kier alpha value is -1.30. The Morgan fingerprint density at radius 2 is 1.75 bits per heavy atom. The molecule has 0 aliphatic rings. The highest BCUT2D eigenvalue weighted by atomic mass is 16.4. The summed E-state index contributed by atoms with van der Waals surface area (Å²) in [5.41, 5.74) is 0. The fourth-order valence-corrected chi connectivity index (χ4v) is 1.84. The average molecular weight is 287 g/mol. The molecule has 2 amide bonds. The van der Waals surface area contributed by atoms with Gasteiger partial charge in [0.2, 0.25) is 0 Å². The molecule has 0 aromatic rings. The highest BCUT2D eigenvalue weighted by molar-refractivity contribution is 5.74. The summed E-state index contributed by atoms with van der Waals surface area (Å²) in [7, 11) is 4.06. The van der Waals surface area contributed by atoms with Gasteiger partial charge in [-0.1, -0.05) is 0 Å². The monoisotopic (exact) mass is 287 g/mol. The smallest absolute Gasteiger partial charge is 0.317 e. The summed E-state index contributed by atoms with van der Waals surface area (Å²) in [6, 6.07) is -0.0270. The number of hydrogen-bond acceptors (Lipinski definition) is 3. The maximum Gasteiger partial charge on any atom is 0.317 e. The number of hydrogen-bond donors (Lipinski definition) is 2. The third-order valence-corrected chi connectivity index (χ3v) is 2.98. The lowest BCUT2D eigenvalue weighted by atomic mass is 10.2. The summed E-state index contributed by atoms with van der Waals surface area (Å²) in [4.78, 5) is 26.3. The van der Waals surface area contributed by atoms with Gasteiger partial charge in [0.15, 0.2) is 0 Å². The molecular formula is C14H29N3O3. The second kappa shape index (κ2) is 10.5. The van der Waals surface area contributed by atoms with Gasteiger partial charge in [-0.2, -0.15) is 0 Å². The number of carboxylic acids is 1. The normalized spacial score (nSPS) is 10.9. The number of rotatable bonds is 10. The fourth-order valence-electron chi connectivity index (χ4n) is 1.84. The predicted octanol–water partition coefficient (Wildman–Crippen LogP) is 1.61. The molecule has 0 aliphatic carbocycles. The summed E-state index contributed by atoms with van der Waals surface area (Å²) < 4.78 is 0. The molecule has 6 heteroatoms. The quantitative estimate of drug-likeness (QED) is 0.599. The zero-order chi connectivity index (χ0) is 15.5. The zero-order valence-electron chi connectivity index (χ0n) is 13.2. The fraction of sp³-hybridized carbons (Fsp3) is 0.857. The van der Waals surface area contributed by atoms with Gasteiger partial charge >= 0.3 is 12.0 Å². The van der Waals surface area contributed by atoms with Crippen LogP contribution in [0, 0.1) is 0 Å². The van der Waals surface area contributed by atoms with Crippen LogP contribution in [0.1, 0.15) is 39.5 Å². The van der Waals surface area contributed by atoms with Crippen molar-refractivity contribution in [3.05, 3.63) is 0 Å². The number of carbonyl (C=O) groups is 2. The Morgan fingerprint density at radius 3 is 2.25 bits per heavy atom. The first-order chi connectivity index (χ1) is 9.34. The van der Waals surface area contributed by atoms with Crippen molar-refractivity contribution in [1.82, 2.24) is 15.1 Å². The number of carboxylic acid groups (broad SMARTS) is 1. The molecule has 0 bridgehead atoms. The van der Waals surface area contributed by atoms with Crippen LogP contribution < -0.4 is 5.32 Å². The van der Waals surface area contributed by atoms with Gasteiger partial charge in [0.25, 0.3) is 0 Å². The van der Waals surface area contributed by atoms with Crippen LogP contribution in [0.2, 0.25) is 0 Å². The lowest BCUT2D eigenvalue weighted by Gasteiger charge is -2.26. The molecule has 0 aliphatic heterocycles. The summed E-state index contributed by atoms with van der Waals surface area (Å²) in [5, 5.41) is 11.5. The van der Waals surface area contributed by atoms with E-state index in [-0.39, 0.29) is 18.5 Å². The molecule has 0 saturated heterocycles. The Kier molecular flexibility index (Phi) is 9.80. The molecule has 0 fully saturated rings. The number of unbranched alkanes of at least 4 members (excludes halogenated alkanes) is 1. The summed E-state index contributed by atoms with van der Waals surface area (Å²) >= 11 is 0. The Balaban J connectivity index is 3.94. The van der Waals surface area contributed by atoms with Crippen molar-refractivity contribution in [3.8, 4) is 0 Å². The molecule has 2 N–H and O–H groups in total. The Labute approximate surface area is 122 Å².